The van der Waals surface area contributed by atoms with E-state index in [4.69, 9.17) is 28.5 Å². The van der Waals surface area contributed by atoms with Crippen molar-refractivity contribution < 1.29 is 4.39 Å². The molecule has 0 radical (unpaired) electrons. The van der Waals surface area contributed by atoms with Crippen LogP contribution in [0.3, 0.4) is 0 Å². The van der Waals surface area contributed by atoms with Crippen LogP contribution in [0, 0.1) is 24.1 Å². The van der Waals surface area contributed by atoms with Crippen LogP contribution in [0.1, 0.15) is 34.1 Å². The van der Waals surface area contributed by atoms with Crippen LogP contribution in [0.15, 0.2) is 42.5 Å². The van der Waals surface area contributed by atoms with E-state index in [-0.39, 0.29) is 17.7 Å². The molecule has 0 saturated heterocycles. The van der Waals surface area contributed by atoms with E-state index in [1.807, 2.05) is 30.3 Å². The van der Waals surface area contributed by atoms with E-state index in [9.17, 15) is 4.39 Å². The van der Waals surface area contributed by atoms with Crippen molar-refractivity contribution in [3.05, 3.63) is 70.5 Å². The lowest BCUT2D eigenvalue weighted by Crippen LogP contribution is -1.92. The number of hydrogen-bond donors (Lipinski definition) is 0. The number of hydrogen-bond acceptors (Lipinski definition) is 1. The third-order valence-electron chi connectivity index (χ3n) is 4.22. The molecule has 2 aromatic carbocycles. The SMILES string of the molecule is Cc1cc(C2C(c3ccc(CC#N)cc3)C2(Cl)Cl)ccc1F. The molecule has 2 unspecified atom stereocenters. The predicted octanol–water partition coefficient (Wildman–Crippen LogP) is 5.26. The summed E-state index contributed by atoms with van der Waals surface area (Å²) in [5, 5.41) is 8.71. The van der Waals surface area contributed by atoms with E-state index in [0.29, 0.717) is 12.0 Å². The maximum Gasteiger partial charge on any atom is 0.133 e. The van der Waals surface area contributed by atoms with Gasteiger partial charge in [-0.1, -0.05) is 36.4 Å². The molecule has 112 valence electrons. The van der Waals surface area contributed by atoms with Crippen LogP contribution in [0.5, 0.6) is 0 Å². The van der Waals surface area contributed by atoms with E-state index < -0.39 is 4.33 Å². The second kappa shape index (κ2) is 5.57. The van der Waals surface area contributed by atoms with Crippen molar-refractivity contribution in [2.75, 3.05) is 0 Å². The Morgan fingerprint density at radius 2 is 1.68 bits per heavy atom. The average molecular weight is 334 g/mol. The Balaban J connectivity index is 1.88. The molecular formula is C18H14Cl2FN. The Bertz CT molecular complexity index is 747. The van der Waals surface area contributed by atoms with Crippen molar-refractivity contribution in [1.82, 2.24) is 0 Å². The summed E-state index contributed by atoms with van der Waals surface area (Å²) in [6, 6.07) is 14.9. The Kier molecular flexibility index (Phi) is 3.89. The normalized spacial score (nSPS) is 22.1. The fourth-order valence-corrected chi connectivity index (χ4v) is 3.83. The maximum absolute atomic E-state index is 13.4. The minimum atomic E-state index is -0.874. The number of nitriles is 1. The first-order valence-corrected chi connectivity index (χ1v) is 7.80. The molecule has 1 aliphatic rings. The standard InChI is InChI=1S/C18H14Cl2FN/c1-11-10-14(6-7-15(11)21)17-16(18(17,19)20)13-4-2-12(3-5-13)8-9-22/h2-7,10,16-17H,8H2,1H3. The molecule has 0 aromatic heterocycles. The Labute approximate surface area is 139 Å². The van der Waals surface area contributed by atoms with Gasteiger partial charge in [0.05, 0.1) is 12.5 Å². The van der Waals surface area contributed by atoms with Crippen molar-refractivity contribution in [2.45, 2.75) is 29.5 Å². The fraction of sp³-hybridized carbons (Fsp3) is 0.278. The first-order valence-electron chi connectivity index (χ1n) is 7.05. The molecule has 2 aromatic rings. The zero-order valence-electron chi connectivity index (χ0n) is 12.0. The van der Waals surface area contributed by atoms with Crippen LogP contribution in [0.2, 0.25) is 0 Å². The zero-order chi connectivity index (χ0) is 15.9. The minimum Gasteiger partial charge on any atom is -0.207 e. The summed E-state index contributed by atoms with van der Waals surface area (Å²) in [7, 11) is 0. The zero-order valence-corrected chi connectivity index (χ0v) is 13.5. The number of rotatable bonds is 3. The summed E-state index contributed by atoms with van der Waals surface area (Å²) in [5.41, 5.74) is 3.56. The first-order chi connectivity index (χ1) is 10.4. The lowest BCUT2D eigenvalue weighted by molar-refractivity contribution is 0.617. The maximum atomic E-state index is 13.4. The van der Waals surface area contributed by atoms with Gasteiger partial charge in [0.25, 0.3) is 0 Å². The second-order valence-corrected chi connectivity index (χ2v) is 7.16. The smallest absolute Gasteiger partial charge is 0.133 e. The lowest BCUT2D eigenvalue weighted by Gasteiger charge is -2.03. The highest BCUT2D eigenvalue weighted by molar-refractivity contribution is 6.52. The van der Waals surface area contributed by atoms with Gasteiger partial charge in [0.15, 0.2) is 0 Å². The van der Waals surface area contributed by atoms with Crippen LogP contribution in [-0.4, -0.2) is 4.33 Å². The lowest BCUT2D eigenvalue weighted by atomic mass is 10.0. The molecule has 1 nitrogen and oxygen atoms in total. The minimum absolute atomic E-state index is 0.0168. The topological polar surface area (TPSA) is 23.8 Å². The Morgan fingerprint density at radius 1 is 1.09 bits per heavy atom. The van der Waals surface area contributed by atoms with Crippen molar-refractivity contribution in [1.29, 1.82) is 5.26 Å². The molecule has 0 N–H and O–H groups in total. The van der Waals surface area contributed by atoms with Crippen LogP contribution >= 0.6 is 23.2 Å². The van der Waals surface area contributed by atoms with Gasteiger partial charge in [-0.05, 0) is 35.2 Å². The molecule has 2 atom stereocenters. The molecule has 0 spiro atoms. The van der Waals surface area contributed by atoms with E-state index >= 15 is 0 Å². The summed E-state index contributed by atoms with van der Waals surface area (Å²) in [6.07, 6.45) is 0.387. The fourth-order valence-electron chi connectivity index (χ4n) is 2.95. The van der Waals surface area contributed by atoms with E-state index in [2.05, 4.69) is 6.07 Å². The van der Waals surface area contributed by atoms with Crippen molar-refractivity contribution in [3.8, 4) is 6.07 Å². The van der Waals surface area contributed by atoms with Crippen LogP contribution in [0.4, 0.5) is 4.39 Å². The molecule has 1 saturated carbocycles. The molecular weight excluding hydrogens is 320 g/mol. The van der Waals surface area contributed by atoms with Gasteiger partial charge in [-0.15, -0.1) is 23.2 Å². The molecule has 0 heterocycles. The summed E-state index contributed by atoms with van der Waals surface area (Å²) in [6.45, 7) is 1.73. The van der Waals surface area contributed by atoms with Crippen molar-refractivity contribution in [2.24, 2.45) is 0 Å². The number of halogens is 3. The molecule has 0 amide bonds. The van der Waals surface area contributed by atoms with Gasteiger partial charge in [0.1, 0.15) is 10.2 Å². The van der Waals surface area contributed by atoms with Gasteiger partial charge in [-0.25, -0.2) is 4.39 Å². The Morgan fingerprint density at radius 3 is 2.27 bits per heavy atom. The van der Waals surface area contributed by atoms with Gasteiger partial charge in [0, 0.05) is 11.8 Å². The molecule has 1 fully saturated rings. The van der Waals surface area contributed by atoms with E-state index in [1.54, 1.807) is 13.0 Å². The summed E-state index contributed by atoms with van der Waals surface area (Å²) in [4.78, 5) is 0. The highest BCUT2D eigenvalue weighted by Crippen LogP contribution is 2.70. The molecule has 0 bridgehead atoms. The number of nitrogens with zero attached hydrogens (tertiary/aromatic N) is 1. The molecule has 22 heavy (non-hydrogen) atoms. The van der Waals surface area contributed by atoms with Crippen LogP contribution in [0.25, 0.3) is 0 Å². The molecule has 1 aliphatic carbocycles. The highest BCUT2D eigenvalue weighted by atomic mass is 35.5. The van der Waals surface area contributed by atoms with Gasteiger partial charge in [-0.2, -0.15) is 5.26 Å². The van der Waals surface area contributed by atoms with Crippen molar-refractivity contribution >= 4 is 23.2 Å². The molecule has 3 rings (SSSR count). The third kappa shape index (κ3) is 2.60. The summed E-state index contributed by atoms with van der Waals surface area (Å²) < 4.78 is 12.5. The number of alkyl halides is 2. The predicted molar refractivity (Wildman–Crippen MR) is 86.8 cm³/mol. The summed E-state index contributed by atoms with van der Waals surface area (Å²) in [5.74, 6) is -0.287. The average Bonchev–Trinajstić information content (AvgIpc) is 3.06. The monoisotopic (exact) mass is 333 g/mol. The first kappa shape index (κ1) is 15.3. The van der Waals surface area contributed by atoms with Gasteiger partial charge < -0.3 is 0 Å². The van der Waals surface area contributed by atoms with E-state index in [1.165, 1.54) is 6.07 Å². The number of benzene rings is 2. The van der Waals surface area contributed by atoms with Crippen LogP contribution in [-0.2, 0) is 6.42 Å². The van der Waals surface area contributed by atoms with Gasteiger partial charge >= 0.3 is 0 Å². The van der Waals surface area contributed by atoms with E-state index in [0.717, 1.165) is 16.7 Å². The third-order valence-corrected chi connectivity index (χ3v) is 5.16. The van der Waals surface area contributed by atoms with Gasteiger partial charge in [0.2, 0.25) is 0 Å². The molecule has 4 heteroatoms. The molecule has 0 aliphatic heterocycles. The largest absolute Gasteiger partial charge is 0.207 e. The van der Waals surface area contributed by atoms with Gasteiger partial charge in [-0.3, -0.25) is 0 Å². The quantitative estimate of drug-likeness (QED) is 0.703. The number of aryl methyl sites for hydroxylation is 1. The Hall–Kier alpha value is -1.56. The second-order valence-electron chi connectivity index (χ2n) is 5.71. The van der Waals surface area contributed by atoms with Crippen molar-refractivity contribution in [3.63, 3.8) is 0 Å². The summed E-state index contributed by atoms with van der Waals surface area (Å²) >= 11 is 12.9. The van der Waals surface area contributed by atoms with Crippen LogP contribution < -0.4 is 0 Å². The highest BCUT2D eigenvalue weighted by Gasteiger charge is 2.64.